The summed E-state index contributed by atoms with van der Waals surface area (Å²) in [6, 6.07) is 6.29. The highest BCUT2D eigenvalue weighted by Gasteiger charge is 2.06. The third-order valence-electron chi connectivity index (χ3n) is 2.20. The van der Waals surface area contributed by atoms with E-state index in [0.29, 0.717) is 6.61 Å². The van der Waals surface area contributed by atoms with Crippen LogP contribution in [0.2, 0.25) is 0 Å². The zero-order chi connectivity index (χ0) is 10.8. The van der Waals surface area contributed by atoms with Gasteiger partial charge < -0.3 is 4.74 Å². The van der Waals surface area contributed by atoms with Crippen LogP contribution in [0.25, 0.3) is 10.1 Å². The lowest BCUT2D eigenvalue weighted by atomic mass is 10.2. The van der Waals surface area contributed by atoms with Gasteiger partial charge in [0.15, 0.2) is 0 Å². The second-order valence-electron chi connectivity index (χ2n) is 3.74. The van der Waals surface area contributed by atoms with Crippen molar-refractivity contribution in [2.75, 3.05) is 0 Å². The van der Waals surface area contributed by atoms with E-state index in [1.807, 2.05) is 0 Å². The van der Waals surface area contributed by atoms with E-state index >= 15 is 0 Å². The maximum Gasteiger partial charge on any atom is 0.0734 e. The first kappa shape index (κ1) is 11.1. The summed E-state index contributed by atoms with van der Waals surface area (Å²) in [5.41, 5.74) is 1.28. The third kappa shape index (κ3) is 2.41. The van der Waals surface area contributed by atoms with Gasteiger partial charge in [-0.05, 0) is 52.2 Å². The van der Waals surface area contributed by atoms with Gasteiger partial charge in [-0.3, -0.25) is 0 Å². The van der Waals surface area contributed by atoms with Gasteiger partial charge in [0, 0.05) is 9.17 Å². The molecular formula is C12H13BrOS. The van der Waals surface area contributed by atoms with Crippen LogP contribution in [0.4, 0.5) is 0 Å². The minimum Gasteiger partial charge on any atom is -0.374 e. The Hall–Kier alpha value is -0.380. The zero-order valence-electron chi connectivity index (χ0n) is 8.79. The lowest BCUT2D eigenvalue weighted by Gasteiger charge is -2.06. The van der Waals surface area contributed by atoms with Gasteiger partial charge in [0.2, 0.25) is 0 Å². The quantitative estimate of drug-likeness (QED) is 0.801. The number of hydrogen-bond acceptors (Lipinski definition) is 2. The summed E-state index contributed by atoms with van der Waals surface area (Å²) in [5, 5.41) is 3.48. The summed E-state index contributed by atoms with van der Waals surface area (Å²) >= 11 is 5.33. The van der Waals surface area contributed by atoms with Gasteiger partial charge in [-0.1, -0.05) is 12.1 Å². The first-order valence-electron chi connectivity index (χ1n) is 4.94. The minimum absolute atomic E-state index is 0.284. The van der Waals surface area contributed by atoms with Crippen LogP contribution >= 0.6 is 27.3 Å². The molecule has 1 aromatic carbocycles. The fraction of sp³-hybridized carbons (Fsp3) is 0.333. The van der Waals surface area contributed by atoms with Crippen molar-refractivity contribution in [2.45, 2.75) is 26.6 Å². The van der Waals surface area contributed by atoms with E-state index in [0.717, 1.165) is 0 Å². The van der Waals surface area contributed by atoms with Crippen LogP contribution in [0, 0.1) is 0 Å². The van der Waals surface area contributed by atoms with E-state index in [1.165, 1.54) is 20.1 Å². The Morgan fingerprint density at radius 2 is 2.20 bits per heavy atom. The lowest BCUT2D eigenvalue weighted by Crippen LogP contribution is -2.01. The number of fused-ring (bicyclic) bond motifs is 1. The molecule has 0 aliphatic carbocycles. The summed E-state index contributed by atoms with van der Waals surface area (Å²) in [6.45, 7) is 4.82. The van der Waals surface area contributed by atoms with E-state index in [4.69, 9.17) is 4.74 Å². The van der Waals surface area contributed by atoms with Gasteiger partial charge in [-0.25, -0.2) is 0 Å². The van der Waals surface area contributed by atoms with Crippen molar-refractivity contribution >= 4 is 37.4 Å². The average Bonchev–Trinajstić information content (AvgIpc) is 2.59. The monoisotopic (exact) mass is 284 g/mol. The van der Waals surface area contributed by atoms with Gasteiger partial charge in [0.25, 0.3) is 0 Å². The van der Waals surface area contributed by atoms with Gasteiger partial charge >= 0.3 is 0 Å². The van der Waals surface area contributed by atoms with Gasteiger partial charge in [-0.2, -0.15) is 0 Å². The Morgan fingerprint density at radius 3 is 2.93 bits per heavy atom. The highest BCUT2D eigenvalue weighted by atomic mass is 79.9. The fourth-order valence-electron chi connectivity index (χ4n) is 1.44. The number of rotatable bonds is 3. The molecule has 0 bridgehead atoms. The molecule has 0 saturated heterocycles. The van der Waals surface area contributed by atoms with Crippen molar-refractivity contribution in [2.24, 2.45) is 0 Å². The summed E-state index contributed by atoms with van der Waals surface area (Å²) < 4.78 is 8.10. The number of hydrogen-bond donors (Lipinski definition) is 0. The smallest absolute Gasteiger partial charge is 0.0734 e. The number of halogens is 1. The molecule has 0 N–H and O–H groups in total. The van der Waals surface area contributed by atoms with Crippen LogP contribution in [0.15, 0.2) is 28.1 Å². The Balaban J connectivity index is 2.33. The van der Waals surface area contributed by atoms with Crippen molar-refractivity contribution in [3.63, 3.8) is 0 Å². The second kappa shape index (κ2) is 4.64. The average molecular weight is 285 g/mol. The van der Waals surface area contributed by atoms with Crippen molar-refractivity contribution in [3.8, 4) is 0 Å². The van der Waals surface area contributed by atoms with Crippen molar-refractivity contribution in [3.05, 3.63) is 33.6 Å². The molecule has 80 valence electrons. The molecule has 3 heteroatoms. The van der Waals surface area contributed by atoms with E-state index in [1.54, 1.807) is 11.3 Å². The van der Waals surface area contributed by atoms with Gasteiger partial charge in [0.05, 0.1) is 12.7 Å². The summed E-state index contributed by atoms with van der Waals surface area (Å²) in [6.07, 6.45) is 0.284. The molecule has 0 spiro atoms. The zero-order valence-corrected chi connectivity index (χ0v) is 11.2. The largest absolute Gasteiger partial charge is 0.374 e. The topological polar surface area (TPSA) is 9.23 Å². The molecule has 0 unspecified atom stereocenters. The molecule has 2 rings (SSSR count). The SMILES string of the molecule is CC(C)OCc1csc2c(Br)cccc12. The van der Waals surface area contributed by atoms with Crippen LogP contribution < -0.4 is 0 Å². The molecule has 0 saturated carbocycles. The summed E-state index contributed by atoms with van der Waals surface area (Å²) in [7, 11) is 0. The molecule has 0 atom stereocenters. The molecule has 1 nitrogen and oxygen atoms in total. The normalized spacial score (nSPS) is 11.5. The van der Waals surface area contributed by atoms with E-state index in [-0.39, 0.29) is 6.10 Å². The molecule has 0 aliphatic rings. The first-order valence-corrected chi connectivity index (χ1v) is 6.62. The number of ether oxygens (including phenoxy) is 1. The third-order valence-corrected chi connectivity index (χ3v) is 4.21. The maximum absolute atomic E-state index is 5.63. The predicted octanol–water partition coefficient (Wildman–Crippen LogP) is 4.59. The Morgan fingerprint density at radius 1 is 1.40 bits per heavy atom. The van der Waals surface area contributed by atoms with Crippen molar-refractivity contribution in [1.29, 1.82) is 0 Å². The van der Waals surface area contributed by atoms with E-state index in [2.05, 4.69) is 53.4 Å². The van der Waals surface area contributed by atoms with E-state index in [9.17, 15) is 0 Å². The lowest BCUT2D eigenvalue weighted by molar-refractivity contribution is 0.0666. The Kier molecular flexibility index (Phi) is 3.44. The predicted molar refractivity (Wildman–Crippen MR) is 69.5 cm³/mol. The molecule has 2 aromatic rings. The summed E-state index contributed by atoms with van der Waals surface area (Å²) in [5.74, 6) is 0. The number of benzene rings is 1. The van der Waals surface area contributed by atoms with Crippen LogP contribution in [-0.4, -0.2) is 6.10 Å². The highest BCUT2D eigenvalue weighted by molar-refractivity contribution is 9.10. The molecule has 15 heavy (non-hydrogen) atoms. The van der Waals surface area contributed by atoms with Crippen LogP contribution in [-0.2, 0) is 11.3 Å². The van der Waals surface area contributed by atoms with Crippen LogP contribution in [0.1, 0.15) is 19.4 Å². The molecule has 0 aliphatic heterocycles. The van der Waals surface area contributed by atoms with Crippen LogP contribution in [0.3, 0.4) is 0 Å². The van der Waals surface area contributed by atoms with Gasteiger partial charge in [0.1, 0.15) is 0 Å². The molecular weight excluding hydrogens is 272 g/mol. The van der Waals surface area contributed by atoms with Gasteiger partial charge in [-0.15, -0.1) is 11.3 Å². The minimum atomic E-state index is 0.284. The molecule has 0 radical (unpaired) electrons. The standard InChI is InChI=1S/C12H13BrOS/c1-8(2)14-6-9-7-15-12-10(9)4-3-5-11(12)13/h3-5,7-8H,6H2,1-2H3. The molecule has 0 fully saturated rings. The molecule has 0 amide bonds. The van der Waals surface area contributed by atoms with Crippen molar-refractivity contribution < 1.29 is 4.74 Å². The van der Waals surface area contributed by atoms with E-state index < -0.39 is 0 Å². The molecule has 1 heterocycles. The highest BCUT2D eigenvalue weighted by Crippen LogP contribution is 2.32. The van der Waals surface area contributed by atoms with Crippen molar-refractivity contribution in [1.82, 2.24) is 0 Å². The Labute approximate surface area is 102 Å². The second-order valence-corrected chi connectivity index (χ2v) is 5.47. The summed E-state index contributed by atoms with van der Waals surface area (Å²) in [4.78, 5) is 0. The Bertz CT molecular complexity index is 462. The maximum atomic E-state index is 5.63. The molecule has 1 aromatic heterocycles. The fourth-order valence-corrected chi connectivity index (χ4v) is 3.05. The van der Waals surface area contributed by atoms with Crippen LogP contribution in [0.5, 0.6) is 0 Å². The number of thiophene rings is 1. The first-order chi connectivity index (χ1) is 7.18.